The van der Waals surface area contributed by atoms with Crippen LogP contribution in [0.5, 0.6) is 0 Å². The number of alkyl halides is 1. The molecule has 0 aliphatic carbocycles. The lowest BCUT2D eigenvalue weighted by Gasteiger charge is -2.26. The standard InChI is InChI=1S/C12H18BrNOS/c1-5-12(4,7-13)14-11(15)10-6-8(2)9(3)16-10/h6H,5,7H2,1-4H3,(H,14,15). The Hall–Kier alpha value is -0.350. The summed E-state index contributed by atoms with van der Waals surface area (Å²) in [6.45, 7) is 8.20. The molecule has 0 aromatic carbocycles. The summed E-state index contributed by atoms with van der Waals surface area (Å²) in [7, 11) is 0. The quantitative estimate of drug-likeness (QED) is 0.845. The second-order valence-electron chi connectivity index (χ2n) is 4.35. The molecule has 0 saturated carbocycles. The SMILES string of the molecule is CCC(C)(CBr)NC(=O)c1cc(C)c(C)s1. The predicted molar refractivity (Wildman–Crippen MR) is 73.7 cm³/mol. The van der Waals surface area contributed by atoms with Gasteiger partial charge in [-0.1, -0.05) is 22.9 Å². The number of carbonyl (C=O) groups excluding carboxylic acids is 1. The molecule has 0 aliphatic heterocycles. The molecule has 2 nitrogen and oxygen atoms in total. The zero-order valence-corrected chi connectivity index (χ0v) is 12.6. The molecule has 16 heavy (non-hydrogen) atoms. The van der Waals surface area contributed by atoms with Crippen molar-refractivity contribution in [2.75, 3.05) is 5.33 Å². The van der Waals surface area contributed by atoms with Crippen LogP contribution in [0.15, 0.2) is 6.07 Å². The van der Waals surface area contributed by atoms with E-state index in [4.69, 9.17) is 0 Å². The van der Waals surface area contributed by atoms with E-state index in [9.17, 15) is 4.79 Å². The zero-order valence-electron chi connectivity index (χ0n) is 10.2. The number of hydrogen-bond acceptors (Lipinski definition) is 2. The molecule has 1 unspecified atom stereocenters. The maximum atomic E-state index is 12.0. The maximum absolute atomic E-state index is 12.0. The van der Waals surface area contributed by atoms with Crippen LogP contribution in [0.2, 0.25) is 0 Å². The van der Waals surface area contributed by atoms with E-state index < -0.39 is 0 Å². The van der Waals surface area contributed by atoms with Crippen molar-refractivity contribution >= 4 is 33.2 Å². The monoisotopic (exact) mass is 303 g/mol. The smallest absolute Gasteiger partial charge is 0.261 e. The van der Waals surface area contributed by atoms with E-state index >= 15 is 0 Å². The number of aryl methyl sites for hydroxylation is 2. The van der Waals surface area contributed by atoms with Crippen LogP contribution in [0.25, 0.3) is 0 Å². The van der Waals surface area contributed by atoms with Gasteiger partial charge in [-0.05, 0) is 38.8 Å². The van der Waals surface area contributed by atoms with Crippen LogP contribution in [0, 0.1) is 13.8 Å². The molecule has 1 aromatic rings. The van der Waals surface area contributed by atoms with Gasteiger partial charge in [0.1, 0.15) is 0 Å². The van der Waals surface area contributed by atoms with Gasteiger partial charge in [0.05, 0.1) is 4.88 Å². The van der Waals surface area contributed by atoms with Gasteiger partial charge in [0.25, 0.3) is 5.91 Å². The Morgan fingerprint density at radius 1 is 1.56 bits per heavy atom. The number of hydrogen-bond donors (Lipinski definition) is 1. The molecule has 4 heteroatoms. The summed E-state index contributed by atoms with van der Waals surface area (Å²) in [5, 5.41) is 3.84. The van der Waals surface area contributed by atoms with Gasteiger partial charge >= 0.3 is 0 Å². The van der Waals surface area contributed by atoms with Crippen molar-refractivity contribution in [3.8, 4) is 0 Å². The Morgan fingerprint density at radius 3 is 2.56 bits per heavy atom. The first-order valence-corrected chi connectivity index (χ1v) is 7.31. The molecule has 1 N–H and O–H groups in total. The average Bonchev–Trinajstić information content (AvgIpc) is 2.59. The lowest BCUT2D eigenvalue weighted by Crippen LogP contribution is -2.46. The van der Waals surface area contributed by atoms with E-state index in [1.54, 1.807) is 11.3 Å². The van der Waals surface area contributed by atoms with Gasteiger partial charge in [-0.15, -0.1) is 11.3 Å². The summed E-state index contributed by atoms with van der Waals surface area (Å²) in [5.41, 5.74) is 1.02. The molecule has 1 rings (SSSR count). The highest BCUT2D eigenvalue weighted by molar-refractivity contribution is 9.09. The van der Waals surface area contributed by atoms with Crippen LogP contribution in [-0.2, 0) is 0 Å². The van der Waals surface area contributed by atoms with Crippen molar-refractivity contribution in [1.82, 2.24) is 5.32 Å². The number of carbonyl (C=O) groups is 1. The highest BCUT2D eigenvalue weighted by Crippen LogP contribution is 2.22. The maximum Gasteiger partial charge on any atom is 0.261 e. The molecule has 1 heterocycles. The molecule has 0 radical (unpaired) electrons. The fourth-order valence-corrected chi connectivity index (χ4v) is 2.70. The van der Waals surface area contributed by atoms with Crippen LogP contribution in [0.1, 0.15) is 40.4 Å². The molecule has 0 saturated heterocycles. The van der Waals surface area contributed by atoms with E-state index in [0.29, 0.717) is 0 Å². The highest BCUT2D eigenvalue weighted by atomic mass is 79.9. The number of thiophene rings is 1. The van der Waals surface area contributed by atoms with E-state index in [2.05, 4.69) is 28.2 Å². The first-order valence-electron chi connectivity index (χ1n) is 5.37. The van der Waals surface area contributed by atoms with Gasteiger partial charge in [0.2, 0.25) is 0 Å². The molecule has 0 fully saturated rings. The van der Waals surface area contributed by atoms with Crippen LogP contribution < -0.4 is 5.32 Å². The highest BCUT2D eigenvalue weighted by Gasteiger charge is 2.24. The van der Waals surface area contributed by atoms with Crippen molar-refractivity contribution in [1.29, 1.82) is 0 Å². The van der Waals surface area contributed by atoms with Crippen LogP contribution in [0.3, 0.4) is 0 Å². The van der Waals surface area contributed by atoms with E-state index in [1.165, 1.54) is 10.4 Å². The Bertz CT molecular complexity index is 363. The third-order valence-corrected chi connectivity index (χ3v) is 5.27. The number of halogens is 1. The Balaban J connectivity index is 2.80. The second-order valence-corrected chi connectivity index (χ2v) is 6.17. The van der Waals surface area contributed by atoms with Crippen LogP contribution in [-0.4, -0.2) is 16.8 Å². The number of amides is 1. The predicted octanol–water partition coefficient (Wildman–Crippen LogP) is 3.66. The Morgan fingerprint density at radius 2 is 2.19 bits per heavy atom. The lowest BCUT2D eigenvalue weighted by atomic mass is 10.0. The minimum absolute atomic E-state index is 0.0324. The van der Waals surface area contributed by atoms with E-state index in [0.717, 1.165) is 16.6 Å². The minimum atomic E-state index is -0.164. The first kappa shape index (κ1) is 13.7. The van der Waals surface area contributed by atoms with Gasteiger partial charge in [0, 0.05) is 15.7 Å². The summed E-state index contributed by atoms with van der Waals surface area (Å²) >= 11 is 5.00. The summed E-state index contributed by atoms with van der Waals surface area (Å²) in [4.78, 5) is 14.0. The summed E-state index contributed by atoms with van der Waals surface area (Å²) in [6.07, 6.45) is 0.910. The van der Waals surface area contributed by atoms with Crippen molar-refractivity contribution < 1.29 is 4.79 Å². The van der Waals surface area contributed by atoms with Crippen molar-refractivity contribution in [2.45, 2.75) is 39.7 Å². The molecule has 1 aromatic heterocycles. The zero-order chi connectivity index (χ0) is 12.3. The Kier molecular flexibility index (Phi) is 4.56. The summed E-state index contributed by atoms with van der Waals surface area (Å²) < 4.78 is 0. The van der Waals surface area contributed by atoms with Crippen molar-refractivity contribution in [2.24, 2.45) is 0 Å². The topological polar surface area (TPSA) is 29.1 Å². The summed E-state index contributed by atoms with van der Waals surface area (Å²) in [6, 6.07) is 1.96. The molecular weight excluding hydrogens is 286 g/mol. The van der Waals surface area contributed by atoms with Gasteiger partial charge in [0.15, 0.2) is 0 Å². The fourth-order valence-electron chi connectivity index (χ4n) is 1.24. The van der Waals surface area contributed by atoms with Crippen molar-refractivity contribution in [3.63, 3.8) is 0 Å². The average molecular weight is 304 g/mol. The van der Waals surface area contributed by atoms with E-state index in [1.807, 2.05) is 26.8 Å². The molecule has 1 amide bonds. The lowest BCUT2D eigenvalue weighted by molar-refractivity contribution is 0.0917. The van der Waals surface area contributed by atoms with Crippen LogP contribution >= 0.6 is 27.3 Å². The normalized spacial score (nSPS) is 14.6. The molecule has 90 valence electrons. The number of rotatable bonds is 4. The van der Waals surface area contributed by atoms with Crippen LogP contribution in [0.4, 0.5) is 0 Å². The molecule has 1 atom stereocenters. The third kappa shape index (κ3) is 3.08. The molecule has 0 bridgehead atoms. The van der Waals surface area contributed by atoms with Gasteiger partial charge in [-0.25, -0.2) is 0 Å². The largest absolute Gasteiger partial charge is 0.345 e. The first-order chi connectivity index (χ1) is 7.41. The van der Waals surface area contributed by atoms with Gasteiger partial charge in [-0.3, -0.25) is 4.79 Å². The van der Waals surface area contributed by atoms with E-state index in [-0.39, 0.29) is 11.4 Å². The second kappa shape index (κ2) is 5.32. The van der Waals surface area contributed by atoms with Gasteiger partial charge in [-0.2, -0.15) is 0 Å². The number of nitrogens with one attached hydrogen (secondary N) is 1. The molecule has 0 aliphatic rings. The molecular formula is C12H18BrNOS. The van der Waals surface area contributed by atoms with Gasteiger partial charge < -0.3 is 5.32 Å². The third-order valence-electron chi connectivity index (χ3n) is 2.88. The minimum Gasteiger partial charge on any atom is -0.345 e. The fraction of sp³-hybridized carbons (Fsp3) is 0.583. The summed E-state index contributed by atoms with van der Waals surface area (Å²) in [5.74, 6) is 0.0324. The Labute approximate surface area is 110 Å². The van der Waals surface area contributed by atoms with Crippen molar-refractivity contribution in [3.05, 3.63) is 21.4 Å². The molecule has 0 spiro atoms.